The largest absolute Gasteiger partial charge is 0.321 e. The summed E-state index contributed by atoms with van der Waals surface area (Å²) >= 11 is 2.07. The molecule has 2 aromatic heterocycles. The zero-order chi connectivity index (χ0) is 18.0. The minimum Gasteiger partial charge on any atom is -0.321 e. The quantitative estimate of drug-likeness (QED) is 0.597. The van der Waals surface area contributed by atoms with Gasteiger partial charge in [-0.3, -0.25) is 19.0 Å². The summed E-state index contributed by atoms with van der Waals surface area (Å²) in [5.74, 6) is -0.531. The van der Waals surface area contributed by atoms with Gasteiger partial charge in [0.25, 0.3) is 11.8 Å². The van der Waals surface area contributed by atoms with Gasteiger partial charge in [0.15, 0.2) is 5.69 Å². The number of hydrogen-bond acceptors (Lipinski definition) is 4. The molecule has 2 amide bonds. The molecule has 0 radical (unpaired) electrons. The number of carbonyl (C=O) groups excluding carboxylic acids is 2. The third-order valence-electron chi connectivity index (χ3n) is 3.46. The van der Waals surface area contributed by atoms with Crippen LogP contribution >= 0.6 is 22.6 Å². The summed E-state index contributed by atoms with van der Waals surface area (Å²) in [5, 5.41) is 13.7. The second-order valence-electron chi connectivity index (χ2n) is 5.32. The summed E-state index contributed by atoms with van der Waals surface area (Å²) in [5.41, 5.74) is 2.07. The number of hydrogen-bond donors (Lipinski definition) is 2. The first-order valence-electron chi connectivity index (χ1n) is 7.34. The van der Waals surface area contributed by atoms with Gasteiger partial charge in [-0.05, 0) is 52.9 Å². The Morgan fingerprint density at radius 2 is 1.60 bits per heavy atom. The number of nitrogens with zero attached hydrogens (tertiary/aromatic N) is 4. The summed E-state index contributed by atoms with van der Waals surface area (Å²) in [4.78, 5) is 24.4. The van der Waals surface area contributed by atoms with E-state index in [4.69, 9.17) is 0 Å². The predicted molar refractivity (Wildman–Crippen MR) is 101 cm³/mol. The summed E-state index contributed by atoms with van der Waals surface area (Å²) in [6.07, 6.45) is 3.33. The number of anilines is 2. The van der Waals surface area contributed by atoms with Crippen LogP contribution < -0.4 is 10.6 Å². The zero-order valence-electron chi connectivity index (χ0n) is 13.5. The fourth-order valence-corrected chi connectivity index (χ4v) is 2.94. The van der Waals surface area contributed by atoms with Gasteiger partial charge in [-0.15, -0.1) is 0 Å². The van der Waals surface area contributed by atoms with Crippen LogP contribution in [-0.2, 0) is 14.1 Å². The molecule has 128 valence electrons. The minimum absolute atomic E-state index is 0.241. The van der Waals surface area contributed by atoms with Gasteiger partial charge in [0, 0.05) is 31.7 Å². The van der Waals surface area contributed by atoms with Crippen molar-refractivity contribution in [3.8, 4) is 0 Å². The first-order chi connectivity index (χ1) is 11.9. The van der Waals surface area contributed by atoms with E-state index >= 15 is 0 Å². The van der Waals surface area contributed by atoms with E-state index < -0.39 is 0 Å². The molecule has 8 nitrogen and oxygen atoms in total. The average Bonchev–Trinajstić information content (AvgIpc) is 3.15. The molecule has 3 aromatic rings. The van der Waals surface area contributed by atoms with Crippen molar-refractivity contribution in [1.29, 1.82) is 0 Å². The van der Waals surface area contributed by atoms with Crippen molar-refractivity contribution < 1.29 is 9.59 Å². The first kappa shape index (κ1) is 17.1. The second kappa shape index (κ2) is 7.05. The molecule has 25 heavy (non-hydrogen) atoms. The Morgan fingerprint density at radius 1 is 1.00 bits per heavy atom. The van der Waals surface area contributed by atoms with Crippen LogP contribution in [0.5, 0.6) is 0 Å². The molecule has 3 rings (SSSR count). The van der Waals surface area contributed by atoms with Crippen LogP contribution in [0, 0.1) is 3.57 Å². The molecule has 0 aliphatic carbocycles. The maximum absolute atomic E-state index is 12.3. The van der Waals surface area contributed by atoms with Crippen molar-refractivity contribution in [3.63, 3.8) is 0 Å². The number of benzene rings is 1. The highest BCUT2D eigenvalue weighted by Crippen LogP contribution is 2.17. The van der Waals surface area contributed by atoms with E-state index in [0.29, 0.717) is 22.8 Å². The van der Waals surface area contributed by atoms with Crippen LogP contribution in [0.2, 0.25) is 0 Å². The van der Waals surface area contributed by atoms with Crippen molar-refractivity contribution >= 4 is 45.8 Å². The zero-order valence-corrected chi connectivity index (χ0v) is 15.7. The summed E-state index contributed by atoms with van der Waals surface area (Å²) in [7, 11) is 3.46. The lowest BCUT2D eigenvalue weighted by Crippen LogP contribution is -2.17. The molecule has 0 bridgehead atoms. The standard InChI is InChI=1S/C16H15IN6O2/c1-22-8-7-13(21-22)15(24)19-10-3-5-11(6-4-10)20-16(25)14-12(17)9-18-23(14)2/h3-9H,1-2H3,(H,19,24)(H,20,25). The predicted octanol–water partition coefficient (Wildman–Crippen LogP) is 2.26. The first-order valence-corrected chi connectivity index (χ1v) is 8.42. The molecule has 9 heteroatoms. The van der Waals surface area contributed by atoms with Crippen LogP contribution in [0.4, 0.5) is 11.4 Å². The van der Waals surface area contributed by atoms with Gasteiger partial charge < -0.3 is 10.6 Å². The number of aryl methyl sites for hydroxylation is 2. The van der Waals surface area contributed by atoms with Gasteiger partial charge >= 0.3 is 0 Å². The number of halogens is 1. The molecule has 2 N–H and O–H groups in total. The number of aromatic nitrogens is 4. The maximum Gasteiger partial charge on any atom is 0.276 e. The van der Waals surface area contributed by atoms with Crippen LogP contribution in [0.1, 0.15) is 21.0 Å². The topological polar surface area (TPSA) is 93.8 Å². The van der Waals surface area contributed by atoms with E-state index in [0.717, 1.165) is 3.57 Å². The second-order valence-corrected chi connectivity index (χ2v) is 6.49. The normalized spacial score (nSPS) is 10.5. The molecule has 0 fully saturated rings. The molecular weight excluding hydrogens is 435 g/mol. The number of amides is 2. The number of carbonyl (C=O) groups is 2. The van der Waals surface area contributed by atoms with E-state index in [1.807, 2.05) is 0 Å². The van der Waals surface area contributed by atoms with E-state index in [2.05, 4.69) is 43.4 Å². The van der Waals surface area contributed by atoms with Gasteiger partial charge in [0.1, 0.15) is 5.69 Å². The van der Waals surface area contributed by atoms with Gasteiger partial charge in [-0.1, -0.05) is 0 Å². The third kappa shape index (κ3) is 3.87. The Kier molecular flexibility index (Phi) is 4.83. The lowest BCUT2D eigenvalue weighted by molar-refractivity contribution is 0.101. The molecule has 2 heterocycles. The van der Waals surface area contributed by atoms with E-state index in [9.17, 15) is 9.59 Å². The highest BCUT2D eigenvalue weighted by atomic mass is 127. The minimum atomic E-state index is -0.290. The van der Waals surface area contributed by atoms with Gasteiger partial charge in [-0.2, -0.15) is 10.2 Å². The molecular formula is C16H15IN6O2. The van der Waals surface area contributed by atoms with Crippen molar-refractivity contribution in [2.45, 2.75) is 0 Å². The maximum atomic E-state index is 12.3. The van der Waals surface area contributed by atoms with E-state index in [1.54, 1.807) is 61.5 Å². The fourth-order valence-electron chi connectivity index (χ4n) is 2.22. The Morgan fingerprint density at radius 3 is 2.08 bits per heavy atom. The summed E-state index contributed by atoms with van der Waals surface area (Å²) in [6, 6.07) is 8.50. The van der Waals surface area contributed by atoms with E-state index in [1.165, 1.54) is 4.68 Å². The van der Waals surface area contributed by atoms with Crippen molar-refractivity contribution in [2.75, 3.05) is 10.6 Å². The Labute approximate surface area is 157 Å². The smallest absolute Gasteiger partial charge is 0.276 e. The molecule has 0 saturated heterocycles. The Hall–Kier alpha value is -2.69. The fraction of sp³-hybridized carbons (Fsp3) is 0.125. The average molecular weight is 450 g/mol. The lowest BCUT2D eigenvalue weighted by Gasteiger charge is -2.08. The third-order valence-corrected chi connectivity index (χ3v) is 4.25. The van der Waals surface area contributed by atoms with Crippen LogP contribution in [0.25, 0.3) is 0 Å². The highest BCUT2D eigenvalue weighted by Gasteiger charge is 2.15. The molecule has 0 saturated carbocycles. The Bertz CT molecular complexity index is 909. The van der Waals surface area contributed by atoms with Crippen LogP contribution in [0.3, 0.4) is 0 Å². The van der Waals surface area contributed by atoms with Crippen molar-refractivity contribution in [3.05, 3.63) is 57.7 Å². The van der Waals surface area contributed by atoms with Crippen molar-refractivity contribution in [1.82, 2.24) is 19.6 Å². The van der Waals surface area contributed by atoms with E-state index in [-0.39, 0.29) is 11.8 Å². The lowest BCUT2D eigenvalue weighted by atomic mass is 10.2. The molecule has 0 atom stereocenters. The highest BCUT2D eigenvalue weighted by molar-refractivity contribution is 14.1. The SMILES string of the molecule is Cn1ccc(C(=O)Nc2ccc(NC(=O)c3c(I)cnn3C)cc2)n1. The number of nitrogens with one attached hydrogen (secondary N) is 2. The number of rotatable bonds is 4. The van der Waals surface area contributed by atoms with Crippen molar-refractivity contribution in [2.24, 2.45) is 14.1 Å². The van der Waals surface area contributed by atoms with Gasteiger partial charge in [-0.25, -0.2) is 0 Å². The molecule has 0 spiro atoms. The van der Waals surface area contributed by atoms with Crippen LogP contribution in [-0.4, -0.2) is 31.4 Å². The summed E-state index contributed by atoms with van der Waals surface area (Å²) in [6.45, 7) is 0. The van der Waals surface area contributed by atoms with Gasteiger partial charge in [0.05, 0.1) is 9.77 Å². The molecule has 0 aliphatic rings. The molecule has 0 aliphatic heterocycles. The Balaban J connectivity index is 1.66. The summed E-state index contributed by atoms with van der Waals surface area (Å²) < 4.78 is 3.86. The molecule has 1 aromatic carbocycles. The monoisotopic (exact) mass is 450 g/mol. The van der Waals surface area contributed by atoms with Gasteiger partial charge in [0.2, 0.25) is 0 Å². The van der Waals surface area contributed by atoms with Crippen LogP contribution in [0.15, 0.2) is 42.7 Å². The molecule has 0 unspecified atom stereocenters.